The summed E-state index contributed by atoms with van der Waals surface area (Å²) in [5.74, 6) is -2.83. The zero-order valence-corrected chi connectivity index (χ0v) is 18.5. The van der Waals surface area contributed by atoms with Gasteiger partial charge in [-0.3, -0.25) is 15.0 Å². The number of pyridine rings is 2. The summed E-state index contributed by atoms with van der Waals surface area (Å²) in [7, 11) is 0. The fourth-order valence-electron chi connectivity index (χ4n) is 4.18. The van der Waals surface area contributed by atoms with Gasteiger partial charge in [-0.15, -0.1) is 0 Å². The summed E-state index contributed by atoms with van der Waals surface area (Å²) in [5.41, 5.74) is 0.618. The highest BCUT2D eigenvalue weighted by atomic mass is 19.3. The Morgan fingerprint density at radius 2 is 2.11 bits per heavy atom. The number of halogens is 2. The Labute approximate surface area is 198 Å². The minimum atomic E-state index is -2.90. The number of fused-ring (bicyclic) bond motifs is 4. The Hall–Kier alpha value is -3.58. The molecular weight excluding hydrogens is 466 g/mol. The van der Waals surface area contributed by atoms with Crippen molar-refractivity contribution in [1.82, 2.24) is 15.3 Å². The van der Waals surface area contributed by atoms with Crippen molar-refractivity contribution in [3.8, 4) is 5.75 Å². The monoisotopic (exact) mass is 490 g/mol. The third-order valence-corrected chi connectivity index (χ3v) is 6.15. The van der Waals surface area contributed by atoms with Crippen LogP contribution in [-0.2, 0) is 0 Å². The van der Waals surface area contributed by atoms with Crippen LogP contribution in [0.3, 0.4) is 0 Å². The van der Waals surface area contributed by atoms with Crippen molar-refractivity contribution >= 4 is 29.3 Å². The maximum absolute atomic E-state index is 13.3. The van der Waals surface area contributed by atoms with E-state index in [4.69, 9.17) is 9.84 Å². The Bertz CT molecular complexity index is 1150. The van der Waals surface area contributed by atoms with Crippen LogP contribution in [0.4, 0.5) is 30.9 Å². The van der Waals surface area contributed by atoms with Crippen LogP contribution in [-0.4, -0.2) is 82.5 Å². The molecule has 2 aromatic rings. The van der Waals surface area contributed by atoms with Gasteiger partial charge in [0.15, 0.2) is 5.82 Å². The van der Waals surface area contributed by atoms with E-state index < -0.39 is 43.0 Å². The van der Waals surface area contributed by atoms with Gasteiger partial charge in [0.05, 0.1) is 24.4 Å². The molecule has 1 aliphatic carbocycles. The number of aliphatic hydroxyl groups is 2. The molecule has 13 heteroatoms. The highest BCUT2D eigenvalue weighted by Gasteiger charge is 2.58. The summed E-state index contributed by atoms with van der Waals surface area (Å²) < 4.78 is 31.8. The Morgan fingerprint density at radius 1 is 1.31 bits per heavy atom. The molecule has 0 aromatic carbocycles. The zero-order valence-electron chi connectivity index (χ0n) is 18.5. The number of rotatable bonds is 7. The highest BCUT2D eigenvalue weighted by Crippen LogP contribution is 2.42. The molecule has 1 saturated carbocycles. The smallest absolute Gasteiger partial charge is 0.329 e. The third-order valence-electron chi connectivity index (χ3n) is 6.15. The number of aliphatic hydroxyl groups excluding tert-OH is 2. The van der Waals surface area contributed by atoms with Gasteiger partial charge >= 0.3 is 6.03 Å². The molecule has 4 N–H and O–H groups in total. The second-order valence-electron chi connectivity index (χ2n) is 8.74. The number of ether oxygens (including phenoxy) is 1. The lowest BCUT2D eigenvalue weighted by atomic mass is 10.1. The van der Waals surface area contributed by atoms with Gasteiger partial charge in [0, 0.05) is 31.8 Å². The van der Waals surface area contributed by atoms with E-state index in [-0.39, 0.29) is 30.0 Å². The van der Waals surface area contributed by atoms with E-state index in [1.54, 1.807) is 12.1 Å². The van der Waals surface area contributed by atoms with Gasteiger partial charge in [0.25, 0.3) is 11.8 Å². The lowest BCUT2D eigenvalue weighted by Gasteiger charge is -2.35. The Morgan fingerprint density at radius 3 is 2.86 bits per heavy atom. The van der Waals surface area contributed by atoms with Crippen molar-refractivity contribution < 1.29 is 33.3 Å². The Balaban J connectivity index is 1.35. The molecule has 0 radical (unpaired) electrons. The first-order chi connectivity index (χ1) is 16.7. The molecule has 186 valence electrons. The van der Waals surface area contributed by atoms with Crippen LogP contribution in [0.25, 0.3) is 0 Å². The highest BCUT2D eigenvalue weighted by molar-refractivity contribution is 6.05. The standard InChI is InChI=1S/C22H24F2N6O5/c23-22(24)8-17(22)27-20(33)15-1-2-16-19(26-15)30(12-4-6-29(16)9-12)21(34)28-18-7-14(3-5-25-18)35-11-13(32)10-31/h1-3,5,7,12-13,17,31-32H,4,6,8-11H2,(H,27,33)(H,25,28,34)/t12-,13+,17?/m0/s1. The van der Waals surface area contributed by atoms with E-state index in [1.807, 2.05) is 0 Å². The quantitative estimate of drug-likeness (QED) is 0.450. The molecule has 4 heterocycles. The summed E-state index contributed by atoms with van der Waals surface area (Å²) >= 11 is 0. The SMILES string of the molecule is O=C(NC1CC1(F)F)c1ccc2c(n1)N(C(=O)Nc1cc(OC[C@H](O)CO)ccn1)[C@H]1CCN2C1. The lowest BCUT2D eigenvalue weighted by Crippen LogP contribution is -2.48. The minimum absolute atomic E-state index is 0.0530. The van der Waals surface area contributed by atoms with Crippen molar-refractivity contribution in [2.75, 3.05) is 41.4 Å². The van der Waals surface area contributed by atoms with Crippen molar-refractivity contribution in [3.63, 3.8) is 0 Å². The summed E-state index contributed by atoms with van der Waals surface area (Å²) in [4.78, 5) is 37.8. The number of hydrogen-bond donors (Lipinski definition) is 4. The number of nitrogens with one attached hydrogen (secondary N) is 2. The van der Waals surface area contributed by atoms with Gasteiger partial charge in [-0.25, -0.2) is 23.5 Å². The number of amides is 3. The predicted molar refractivity (Wildman–Crippen MR) is 120 cm³/mol. The van der Waals surface area contributed by atoms with Crippen molar-refractivity contribution in [2.24, 2.45) is 0 Å². The second kappa shape index (κ2) is 8.89. The van der Waals surface area contributed by atoms with Crippen molar-refractivity contribution in [1.29, 1.82) is 0 Å². The summed E-state index contributed by atoms with van der Waals surface area (Å²) in [6, 6.07) is 4.24. The van der Waals surface area contributed by atoms with Crippen LogP contribution < -0.4 is 25.2 Å². The van der Waals surface area contributed by atoms with E-state index in [0.717, 1.165) is 0 Å². The number of aromatic nitrogens is 2. The van der Waals surface area contributed by atoms with Gasteiger partial charge < -0.3 is 25.2 Å². The maximum Gasteiger partial charge on any atom is 0.329 e. The van der Waals surface area contributed by atoms with Gasteiger partial charge in [-0.1, -0.05) is 0 Å². The third kappa shape index (κ3) is 4.68. The van der Waals surface area contributed by atoms with Crippen LogP contribution in [0.15, 0.2) is 30.5 Å². The molecule has 3 aliphatic rings. The van der Waals surface area contributed by atoms with Gasteiger partial charge in [0.1, 0.15) is 30.0 Å². The number of carbonyl (C=O) groups is 2. The van der Waals surface area contributed by atoms with Crippen molar-refractivity contribution in [2.45, 2.75) is 37.0 Å². The number of alkyl halides is 2. The predicted octanol–water partition coefficient (Wildman–Crippen LogP) is 0.977. The average molecular weight is 490 g/mol. The molecule has 3 atom stereocenters. The van der Waals surface area contributed by atoms with E-state index in [2.05, 4.69) is 25.5 Å². The van der Waals surface area contributed by atoms with Gasteiger partial charge in [-0.2, -0.15) is 0 Å². The number of hydrogen-bond acceptors (Lipinski definition) is 8. The summed E-state index contributed by atoms with van der Waals surface area (Å²) in [5, 5.41) is 23.3. The summed E-state index contributed by atoms with van der Waals surface area (Å²) in [6.45, 7) is 0.722. The average Bonchev–Trinajstić information content (AvgIpc) is 3.23. The minimum Gasteiger partial charge on any atom is -0.491 e. The first-order valence-corrected chi connectivity index (χ1v) is 11.2. The number of carbonyl (C=O) groups excluding carboxylic acids is 2. The van der Waals surface area contributed by atoms with Gasteiger partial charge in [0.2, 0.25) is 0 Å². The number of nitrogens with zero attached hydrogens (tertiary/aromatic N) is 4. The van der Waals surface area contributed by atoms with Crippen LogP contribution in [0.5, 0.6) is 5.75 Å². The lowest BCUT2D eigenvalue weighted by molar-refractivity contribution is 0.0536. The first kappa shape index (κ1) is 23.2. The first-order valence-electron chi connectivity index (χ1n) is 11.2. The van der Waals surface area contributed by atoms with Crippen LogP contribution in [0, 0.1) is 0 Å². The molecule has 2 aromatic heterocycles. The van der Waals surface area contributed by atoms with E-state index in [1.165, 1.54) is 23.2 Å². The molecule has 0 spiro atoms. The molecule has 11 nitrogen and oxygen atoms in total. The molecular formula is C22H24F2N6O5. The Kier molecular flexibility index (Phi) is 5.89. The van der Waals surface area contributed by atoms with E-state index in [0.29, 0.717) is 30.9 Å². The fraction of sp³-hybridized carbons (Fsp3) is 0.455. The van der Waals surface area contributed by atoms with Crippen molar-refractivity contribution in [3.05, 3.63) is 36.2 Å². The largest absolute Gasteiger partial charge is 0.491 e. The maximum atomic E-state index is 13.3. The van der Waals surface area contributed by atoms with Crippen LogP contribution in [0.1, 0.15) is 23.3 Å². The molecule has 1 saturated heterocycles. The molecule has 5 rings (SSSR count). The topological polar surface area (TPSA) is 140 Å². The summed E-state index contributed by atoms with van der Waals surface area (Å²) in [6.07, 6.45) is 0.671. The van der Waals surface area contributed by atoms with Gasteiger partial charge in [-0.05, 0) is 24.6 Å². The fourth-order valence-corrected chi connectivity index (χ4v) is 4.18. The van der Waals surface area contributed by atoms with Crippen LogP contribution >= 0.6 is 0 Å². The number of urea groups is 1. The molecule has 35 heavy (non-hydrogen) atoms. The van der Waals surface area contributed by atoms with Crippen LogP contribution in [0.2, 0.25) is 0 Å². The normalized spacial score (nSPS) is 22.3. The molecule has 1 unspecified atom stereocenters. The van der Waals surface area contributed by atoms with E-state index >= 15 is 0 Å². The molecule has 2 bridgehead atoms. The molecule has 2 fully saturated rings. The zero-order chi connectivity index (χ0) is 24.7. The second-order valence-corrected chi connectivity index (χ2v) is 8.74. The number of anilines is 3. The van der Waals surface area contributed by atoms with E-state index in [9.17, 15) is 23.5 Å². The molecule has 2 aliphatic heterocycles. The molecule has 3 amide bonds.